The zero-order valence-electron chi connectivity index (χ0n) is 9.12. The van der Waals surface area contributed by atoms with E-state index >= 15 is 0 Å². The van der Waals surface area contributed by atoms with Crippen molar-refractivity contribution < 1.29 is 5.11 Å². The Bertz CT molecular complexity index is 244. The predicted molar refractivity (Wildman–Crippen MR) is 58.0 cm³/mol. The van der Waals surface area contributed by atoms with Gasteiger partial charge in [0.2, 0.25) is 0 Å². The van der Waals surface area contributed by atoms with Crippen molar-refractivity contribution in [3.8, 4) is 0 Å². The van der Waals surface area contributed by atoms with Gasteiger partial charge in [0.1, 0.15) is 0 Å². The monoisotopic (exact) mass is 196 g/mol. The average molecular weight is 196 g/mol. The van der Waals surface area contributed by atoms with Gasteiger partial charge in [0.25, 0.3) is 0 Å². The van der Waals surface area contributed by atoms with Crippen LogP contribution in [-0.4, -0.2) is 23.7 Å². The molecule has 1 rings (SSSR count). The van der Waals surface area contributed by atoms with Crippen LogP contribution in [0.4, 0.5) is 0 Å². The van der Waals surface area contributed by atoms with Crippen LogP contribution in [0.2, 0.25) is 0 Å². The number of aromatic amines is 1. The molecule has 0 aliphatic heterocycles. The lowest BCUT2D eigenvalue weighted by atomic mass is 9.86. The number of aliphatic hydroxyl groups is 1. The van der Waals surface area contributed by atoms with Gasteiger partial charge in [-0.05, 0) is 24.6 Å². The van der Waals surface area contributed by atoms with E-state index in [9.17, 15) is 5.11 Å². The largest absolute Gasteiger partial charge is 0.396 e. The molecule has 0 amide bonds. The number of aliphatic hydroxyl groups excluding tert-OH is 1. The van der Waals surface area contributed by atoms with Crippen molar-refractivity contribution in [3.05, 3.63) is 24.0 Å². The van der Waals surface area contributed by atoms with Crippen LogP contribution in [0.3, 0.4) is 0 Å². The van der Waals surface area contributed by atoms with Gasteiger partial charge < -0.3 is 15.4 Å². The minimum Gasteiger partial charge on any atom is -0.396 e. The lowest BCUT2D eigenvalue weighted by Gasteiger charge is -2.27. The van der Waals surface area contributed by atoms with Gasteiger partial charge in [0.05, 0.1) is 0 Å². The highest BCUT2D eigenvalue weighted by Gasteiger charge is 2.24. The highest BCUT2D eigenvalue weighted by molar-refractivity contribution is 5.15. The Morgan fingerprint density at radius 3 is 2.57 bits per heavy atom. The molecule has 0 spiro atoms. The van der Waals surface area contributed by atoms with Gasteiger partial charge in [-0.2, -0.15) is 0 Å². The average Bonchev–Trinajstić information content (AvgIpc) is 2.65. The molecule has 3 N–H and O–H groups in total. The third-order valence-corrected chi connectivity index (χ3v) is 2.79. The second kappa shape index (κ2) is 5.17. The molecule has 2 unspecified atom stereocenters. The van der Waals surface area contributed by atoms with E-state index in [2.05, 4.69) is 24.1 Å². The molecule has 0 aliphatic carbocycles. The Balaban J connectivity index is 2.79. The van der Waals surface area contributed by atoms with Crippen LogP contribution in [0, 0.1) is 11.8 Å². The minimum atomic E-state index is 0.217. The van der Waals surface area contributed by atoms with Crippen molar-refractivity contribution in [1.29, 1.82) is 0 Å². The third-order valence-electron chi connectivity index (χ3n) is 2.79. The van der Waals surface area contributed by atoms with E-state index in [0.29, 0.717) is 5.92 Å². The molecule has 0 fully saturated rings. The van der Waals surface area contributed by atoms with Crippen molar-refractivity contribution >= 4 is 0 Å². The number of H-pyrrole nitrogens is 1. The summed E-state index contributed by atoms with van der Waals surface area (Å²) in [6.07, 6.45) is 3.89. The highest BCUT2D eigenvalue weighted by atomic mass is 16.3. The van der Waals surface area contributed by atoms with E-state index in [1.54, 1.807) is 0 Å². The molecule has 80 valence electrons. The van der Waals surface area contributed by atoms with Crippen LogP contribution in [0.15, 0.2) is 18.5 Å². The SMILES string of the molecule is CNC(c1cc[nH]c1)C(CO)C(C)C. The van der Waals surface area contributed by atoms with Crippen LogP contribution < -0.4 is 5.32 Å². The van der Waals surface area contributed by atoms with Gasteiger partial charge in [-0.1, -0.05) is 13.8 Å². The Kier molecular flexibility index (Phi) is 4.17. The molecular weight excluding hydrogens is 176 g/mol. The van der Waals surface area contributed by atoms with Crippen LogP contribution in [-0.2, 0) is 0 Å². The fourth-order valence-corrected chi connectivity index (χ4v) is 1.86. The van der Waals surface area contributed by atoms with Crippen LogP contribution in [0.25, 0.3) is 0 Å². The molecule has 0 radical (unpaired) electrons. The summed E-state index contributed by atoms with van der Waals surface area (Å²) in [5.41, 5.74) is 1.21. The number of nitrogens with one attached hydrogen (secondary N) is 2. The van der Waals surface area contributed by atoms with E-state index in [1.165, 1.54) is 5.56 Å². The predicted octanol–water partition coefficient (Wildman–Crippen LogP) is 1.54. The molecule has 0 saturated heterocycles. The number of rotatable bonds is 5. The zero-order valence-corrected chi connectivity index (χ0v) is 9.12. The molecule has 1 aromatic rings. The molecule has 0 bridgehead atoms. The Morgan fingerprint density at radius 1 is 1.50 bits per heavy atom. The maximum atomic E-state index is 9.35. The summed E-state index contributed by atoms with van der Waals surface area (Å²) in [5, 5.41) is 12.6. The minimum absolute atomic E-state index is 0.217. The summed E-state index contributed by atoms with van der Waals surface area (Å²) in [5.74, 6) is 0.725. The summed E-state index contributed by atoms with van der Waals surface area (Å²) >= 11 is 0. The molecule has 14 heavy (non-hydrogen) atoms. The molecular formula is C11H20N2O. The lowest BCUT2D eigenvalue weighted by Crippen LogP contribution is -2.30. The van der Waals surface area contributed by atoms with Gasteiger partial charge in [0.15, 0.2) is 0 Å². The van der Waals surface area contributed by atoms with Gasteiger partial charge in [-0.25, -0.2) is 0 Å². The summed E-state index contributed by atoms with van der Waals surface area (Å²) in [7, 11) is 1.93. The Labute approximate surface area is 85.5 Å². The number of hydrogen-bond donors (Lipinski definition) is 3. The van der Waals surface area contributed by atoms with Crippen molar-refractivity contribution in [1.82, 2.24) is 10.3 Å². The standard InChI is InChI=1S/C11H20N2O/c1-8(2)10(7-14)11(12-3)9-4-5-13-6-9/h4-6,8,10-14H,7H2,1-3H3. The first-order valence-corrected chi connectivity index (χ1v) is 5.11. The lowest BCUT2D eigenvalue weighted by molar-refractivity contribution is 0.154. The summed E-state index contributed by atoms with van der Waals surface area (Å²) in [6.45, 7) is 4.49. The van der Waals surface area contributed by atoms with E-state index in [4.69, 9.17) is 0 Å². The molecule has 1 aromatic heterocycles. The van der Waals surface area contributed by atoms with Crippen LogP contribution >= 0.6 is 0 Å². The first-order valence-electron chi connectivity index (χ1n) is 5.11. The summed E-state index contributed by atoms with van der Waals surface area (Å²) in [4.78, 5) is 3.04. The fourth-order valence-electron chi connectivity index (χ4n) is 1.86. The van der Waals surface area contributed by atoms with E-state index in [1.807, 2.05) is 25.5 Å². The van der Waals surface area contributed by atoms with Gasteiger partial charge in [-0.3, -0.25) is 0 Å². The van der Waals surface area contributed by atoms with Crippen molar-refractivity contribution in [2.75, 3.05) is 13.7 Å². The molecule has 2 atom stereocenters. The summed E-state index contributed by atoms with van der Waals surface area (Å²) < 4.78 is 0. The molecule has 0 aliphatic rings. The fraction of sp³-hybridized carbons (Fsp3) is 0.636. The zero-order chi connectivity index (χ0) is 10.6. The van der Waals surface area contributed by atoms with Crippen molar-refractivity contribution in [2.24, 2.45) is 11.8 Å². The molecule has 0 aromatic carbocycles. The second-order valence-corrected chi connectivity index (χ2v) is 4.00. The van der Waals surface area contributed by atoms with Gasteiger partial charge in [0, 0.05) is 31.0 Å². The Morgan fingerprint density at radius 2 is 2.21 bits per heavy atom. The van der Waals surface area contributed by atoms with E-state index in [-0.39, 0.29) is 18.6 Å². The van der Waals surface area contributed by atoms with Gasteiger partial charge in [-0.15, -0.1) is 0 Å². The van der Waals surface area contributed by atoms with Gasteiger partial charge >= 0.3 is 0 Å². The topological polar surface area (TPSA) is 48.0 Å². The maximum Gasteiger partial charge on any atom is 0.0479 e. The first kappa shape index (κ1) is 11.3. The third kappa shape index (κ3) is 2.36. The Hall–Kier alpha value is -0.800. The number of hydrogen-bond acceptors (Lipinski definition) is 2. The second-order valence-electron chi connectivity index (χ2n) is 4.00. The first-order chi connectivity index (χ1) is 6.70. The van der Waals surface area contributed by atoms with E-state index < -0.39 is 0 Å². The molecule has 3 nitrogen and oxygen atoms in total. The van der Waals surface area contributed by atoms with E-state index in [0.717, 1.165) is 0 Å². The quantitative estimate of drug-likeness (QED) is 0.669. The highest BCUT2D eigenvalue weighted by Crippen LogP contribution is 2.26. The van der Waals surface area contributed by atoms with Crippen molar-refractivity contribution in [3.63, 3.8) is 0 Å². The smallest absolute Gasteiger partial charge is 0.0479 e. The molecule has 1 heterocycles. The van der Waals surface area contributed by atoms with Crippen molar-refractivity contribution in [2.45, 2.75) is 19.9 Å². The molecule has 3 heteroatoms. The molecule has 0 saturated carbocycles. The normalized spacial score (nSPS) is 15.8. The van der Waals surface area contributed by atoms with Crippen LogP contribution in [0.1, 0.15) is 25.5 Å². The summed E-state index contributed by atoms with van der Waals surface area (Å²) in [6, 6.07) is 2.28. The van der Waals surface area contributed by atoms with Crippen LogP contribution in [0.5, 0.6) is 0 Å². The number of aromatic nitrogens is 1. The maximum absolute atomic E-state index is 9.35.